The van der Waals surface area contributed by atoms with Crippen molar-refractivity contribution in [2.45, 2.75) is 31.9 Å². The number of aromatic carboxylic acids is 1. The van der Waals surface area contributed by atoms with Crippen LogP contribution >= 0.6 is 0 Å². The molecular weight excluding hydrogens is 339 g/mol. The van der Waals surface area contributed by atoms with Gasteiger partial charge in [0.1, 0.15) is 5.58 Å². The summed E-state index contributed by atoms with van der Waals surface area (Å²) in [5, 5.41) is 12.0. The number of halogens is 3. The van der Waals surface area contributed by atoms with Gasteiger partial charge in [-0.3, -0.25) is 4.79 Å². The van der Waals surface area contributed by atoms with Gasteiger partial charge in [-0.15, -0.1) is 0 Å². The maximum absolute atomic E-state index is 12.9. The molecule has 0 spiro atoms. The summed E-state index contributed by atoms with van der Waals surface area (Å²) in [6.07, 6.45) is -3.62. The third kappa shape index (κ3) is 3.78. The fourth-order valence-electron chi connectivity index (χ4n) is 3.20. The van der Waals surface area contributed by atoms with Gasteiger partial charge in [0.2, 0.25) is 11.7 Å². The Morgan fingerprint density at radius 1 is 1.20 bits per heavy atom. The average Bonchev–Trinajstić information content (AvgIpc) is 2.98. The van der Waals surface area contributed by atoms with Gasteiger partial charge in [0, 0.05) is 17.0 Å². The summed E-state index contributed by atoms with van der Waals surface area (Å²) >= 11 is 0. The van der Waals surface area contributed by atoms with Crippen LogP contribution in [-0.4, -0.2) is 23.2 Å². The molecule has 2 unspecified atom stereocenters. The van der Waals surface area contributed by atoms with E-state index in [4.69, 9.17) is 9.52 Å². The molecule has 1 heterocycles. The quantitative estimate of drug-likeness (QED) is 0.853. The number of fused-ring (bicyclic) bond motifs is 1. The second kappa shape index (κ2) is 6.42. The molecule has 1 amide bonds. The largest absolute Gasteiger partial charge is 0.475 e. The smallest absolute Gasteiger partial charge is 0.391 e. The zero-order chi connectivity index (χ0) is 18.2. The van der Waals surface area contributed by atoms with Crippen LogP contribution in [0.25, 0.3) is 11.0 Å². The number of nitrogens with one attached hydrogen (secondary N) is 1. The first-order valence-electron chi connectivity index (χ1n) is 7.88. The maximum Gasteiger partial charge on any atom is 0.391 e. The van der Waals surface area contributed by atoms with E-state index in [-0.39, 0.29) is 18.6 Å². The Kier molecular flexibility index (Phi) is 4.45. The van der Waals surface area contributed by atoms with Crippen molar-refractivity contribution in [3.05, 3.63) is 30.0 Å². The summed E-state index contributed by atoms with van der Waals surface area (Å²) in [4.78, 5) is 23.2. The monoisotopic (exact) mass is 355 g/mol. The van der Waals surface area contributed by atoms with Crippen molar-refractivity contribution < 1.29 is 32.3 Å². The fraction of sp³-hybridized carbons (Fsp3) is 0.412. The number of alkyl halides is 3. The molecule has 2 atom stereocenters. The Labute approximate surface area is 140 Å². The van der Waals surface area contributed by atoms with Gasteiger partial charge < -0.3 is 14.8 Å². The molecule has 1 aliphatic rings. The summed E-state index contributed by atoms with van der Waals surface area (Å²) < 4.78 is 43.7. The Morgan fingerprint density at radius 3 is 2.64 bits per heavy atom. The number of rotatable bonds is 3. The molecule has 0 saturated heterocycles. The summed E-state index contributed by atoms with van der Waals surface area (Å²) in [6, 6.07) is 5.90. The highest BCUT2D eigenvalue weighted by atomic mass is 19.4. The lowest BCUT2D eigenvalue weighted by atomic mass is 9.80. The molecule has 1 aliphatic carbocycles. The van der Waals surface area contributed by atoms with Crippen molar-refractivity contribution in [1.29, 1.82) is 0 Å². The number of benzene rings is 1. The Bertz CT molecular complexity index is 812. The van der Waals surface area contributed by atoms with E-state index in [9.17, 15) is 22.8 Å². The first-order valence-corrected chi connectivity index (χ1v) is 7.88. The number of carboxylic acid groups (broad SMARTS) is 1. The standard InChI is InChI=1S/C17H16F3NO4/c18-17(19,20)11-3-1-2-9(6-11)15(22)21-12-4-5-13-10(7-12)8-14(25-13)16(23)24/h4-5,7-9,11H,1-3,6H2,(H,21,22)(H,23,24). The molecule has 8 heteroatoms. The number of hydrogen-bond acceptors (Lipinski definition) is 3. The lowest BCUT2D eigenvalue weighted by Crippen LogP contribution is -2.34. The van der Waals surface area contributed by atoms with Crippen molar-refractivity contribution in [3.63, 3.8) is 0 Å². The van der Waals surface area contributed by atoms with E-state index < -0.39 is 29.9 Å². The van der Waals surface area contributed by atoms with Crippen LogP contribution in [0.1, 0.15) is 36.2 Å². The molecule has 25 heavy (non-hydrogen) atoms. The van der Waals surface area contributed by atoms with Crippen LogP contribution in [0.3, 0.4) is 0 Å². The van der Waals surface area contributed by atoms with E-state index in [1.54, 1.807) is 0 Å². The summed E-state index contributed by atoms with van der Waals surface area (Å²) in [6.45, 7) is 0. The van der Waals surface area contributed by atoms with E-state index in [0.29, 0.717) is 29.5 Å². The maximum atomic E-state index is 12.9. The number of carboxylic acids is 1. The number of carbonyl (C=O) groups is 2. The second-order valence-corrected chi connectivity index (χ2v) is 6.26. The first kappa shape index (κ1) is 17.3. The molecule has 5 nitrogen and oxygen atoms in total. The zero-order valence-electron chi connectivity index (χ0n) is 13.1. The molecule has 3 rings (SSSR count). The Balaban J connectivity index is 1.72. The van der Waals surface area contributed by atoms with Gasteiger partial charge in [0.15, 0.2) is 0 Å². The van der Waals surface area contributed by atoms with Crippen molar-refractivity contribution in [2.75, 3.05) is 5.32 Å². The van der Waals surface area contributed by atoms with Gasteiger partial charge >= 0.3 is 12.1 Å². The number of hydrogen-bond donors (Lipinski definition) is 2. The lowest BCUT2D eigenvalue weighted by Gasteiger charge is -2.29. The highest BCUT2D eigenvalue weighted by Gasteiger charge is 2.43. The van der Waals surface area contributed by atoms with E-state index in [1.807, 2.05) is 0 Å². The van der Waals surface area contributed by atoms with Gasteiger partial charge in [-0.25, -0.2) is 4.79 Å². The molecule has 1 aromatic carbocycles. The van der Waals surface area contributed by atoms with E-state index in [2.05, 4.69) is 5.32 Å². The molecule has 2 N–H and O–H groups in total. The average molecular weight is 355 g/mol. The third-order valence-electron chi connectivity index (χ3n) is 4.50. The Morgan fingerprint density at radius 2 is 1.96 bits per heavy atom. The second-order valence-electron chi connectivity index (χ2n) is 6.26. The molecule has 1 saturated carbocycles. The van der Waals surface area contributed by atoms with Crippen LogP contribution in [0, 0.1) is 11.8 Å². The molecule has 1 fully saturated rings. The Hall–Kier alpha value is -2.51. The lowest BCUT2D eigenvalue weighted by molar-refractivity contribution is -0.185. The van der Waals surface area contributed by atoms with Gasteiger partial charge in [-0.2, -0.15) is 13.2 Å². The molecule has 1 aromatic heterocycles. The molecule has 0 aliphatic heterocycles. The number of amides is 1. The predicted octanol–water partition coefficient (Wildman–Crippen LogP) is 4.44. The van der Waals surface area contributed by atoms with Crippen LogP contribution in [0.2, 0.25) is 0 Å². The van der Waals surface area contributed by atoms with Crippen LogP contribution in [0.15, 0.2) is 28.7 Å². The predicted molar refractivity (Wildman–Crippen MR) is 83.3 cm³/mol. The minimum absolute atomic E-state index is 0.0617. The SMILES string of the molecule is O=C(O)c1cc2cc(NC(=O)C3CCCC(C(F)(F)F)C3)ccc2o1. The van der Waals surface area contributed by atoms with Crippen molar-refractivity contribution in [2.24, 2.45) is 11.8 Å². The highest BCUT2D eigenvalue weighted by molar-refractivity contribution is 5.96. The molecule has 0 bridgehead atoms. The zero-order valence-corrected chi connectivity index (χ0v) is 13.1. The van der Waals surface area contributed by atoms with Crippen molar-refractivity contribution >= 4 is 28.5 Å². The van der Waals surface area contributed by atoms with Crippen molar-refractivity contribution in [3.8, 4) is 0 Å². The highest BCUT2D eigenvalue weighted by Crippen LogP contribution is 2.40. The number of carbonyl (C=O) groups excluding carboxylic acids is 1. The van der Waals surface area contributed by atoms with Crippen LogP contribution in [0.5, 0.6) is 0 Å². The van der Waals surface area contributed by atoms with E-state index in [1.165, 1.54) is 24.3 Å². The van der Waals surface area contributed by atoms with Gasteiger partial charge in [0.05, 0.1) is 5.92 Å². The van der Waals surface area contributed by atoms with Crippen LogP contribution in [-0.2, 0) is 4.79 Å². The van der Waals surface area contributed by atoms with Gasteiger partial charge in [0.25, 0.3) is 0 Å². The number of furan rings is 1. The molecule has 2 aromatic rings. The third-order valence-corrected chi connectivity index (χ3v) is 4.50. The topological polar surface area (TPSA) is 79.5 Å². The summed E-state index contributed by atoms with van der Waals surface area (Å²) in [7, 11) is 0. The van der Waals surface area contributed by atoms with Crippen LogP contribution in [0.4, 0.5) is 18.9 Å². The van der Waals surface area contributed by atoms with Gasteiger partial charge in [-0.05, 0) is 43.5 Å². The van der Waals surface area contributed by atoms with Crippen LogP contribution < -0.4 is 5.32 Å². The molecule has 134 valence electrons. The van der Waals surface area contributed by atoms with E-state index >= 15 is 0 Å². The molecule has 0 radical (unpaired) electrons. The summed E-state index contributed by atoms with van der Waals surface area (Å²) in [5.74, 6) is -4.00. The van der Waals surface area contributed by atoms with E-state index in [0.717, 1.165) is 0 Å². The van der Waals surface area contributed by atoms with Gasteiger partial charge in [-0.1, -0.05) is 6.42 Å². The minimum atomic E-state index is -4.28. The normalized spacial score (nSPS) is 21.2. The summed E-state index contributed by atoms with van der Waals surface area (Å²) in [5.41, 5.74) is 0.745. The first-order chi connectivity index (χ1) is 11.7. The minimum Gasteiger partial charge on any atom is -0.475 e. The molecular formula is C17H16F3NO4. The van der Waals surface area contributed by atoms with Crippen molar-refractivity contribution in [1.82, 2.24) is 0 Å². The fourth-order valence-corrected chi connectivity index (χ4v) is 3.20. The number of anilines is 1.